The highest BCUT2D eigenvalue weighted by molar-refractivity contribution is 5.43. The average Bonchev–Trinajstić information content (AvgIpc) is 2.34. The number of hydrogen-bond donors (Lipinski definition) is 2. The molecule has 1 saturated heterocycles. The first-order valence-electron chi connectivity index (χ1n) is 3.01. The molecule has 1 heterocycles. The van der Waals surface area contributed by atoms with Crippen LogP contribution in [0.5, 0.6) is 0 Å². The third-order valence-electron chi connectivity index (χ3n) is 1.27. The summed E-state index contributed by atoms with van der Waals surface area (Å²) in [5.41, 5.74) is 2.15. The number of rotatable bonds is 3. The molecule has 1 atom stereocenters. The SMILES string of the molecule is O=CNO[C@H]1CCCN1. The molecule has 0 unspecified atom stereocenters. The summed E-state index contributed by atoms with van der Waals surface area (Å²) in [6.45, 7) is 0.977. The molecule has 4 heteroatoms. The van der Waals surface area contributed by atoms with Crippen molar-refractivity contribution in [2.45, 2.75) is 19.1 Å². The average molecular weight is 130 g/mol. The van der Waals surface area contributed by atoms with Gasteiger partial charge in [-0.15, -0.1) is 0 Å². The topological polar surface area (TPSA) is 50.4 Å². The molecule has 0 aliphatic carbocycles. The van der Waals surface area contributed by atoms with E-state index in [4.69, 9.17) is 4.84 Å². The second-order valence-electron chi connectivity index (χ2n) is 1.94. The van der Waals surface area contributed by atoms with Gasteiger partial charge in [0.15, 0.2) is 0 Å². The Kier molecular flexibility index (Phi) is 2.48. The van der Waals surface area contributed by atoms with Crippen LogP contribution in [0.3, 0.4) is 0 Å². The Hall–Kier alpha value is -0.610. The minimum Gasteiger partial charge on any atom is -0.290 e. The van der Waals surface area contributed by atoms with E-state index in [1.807, 2.05) is 0 Å². The van der Waals surface area contributed by atoms with Gasteiger partial charge in [-0.3, -0.25) is 14.9 Å². The first kappa shape index (κ1) is 6.51. The molecule has 0 aromatic carbocycles. The van der Waals surface area contributed by atoms with Crippen molar-refractivity contribution in [2.24, 2.45) is 0 Å². The zero-order chi connectivity index (χ0) is 6.53. The lowest BCUT2D eigenvalue weighted by Crippen LogP contribution is -2.30. The summed E-state index contributed by atoms with van der Waals surface area (Å²) < 4.78 is 0. The van der Waals surface area contributed by atoms with E-state index in [0.29, 0.717) is 6.41 Å². The Labute approximate surface area is 53.5 Å². The van der Waals surface area contributed by atoms with E-state index in [2.05, 4.69) is 10.8 Å². The molecule has 4 nitrogen and oxygen atoms in total. The van der Waals surface area contributed by atoms with Gasteiger partial charge in [0.1, 0.15) is 6.23 Å². The van der Waals surface area contributed by atoms with Gasteiger partial charge in [-0.2, -0.15) is 0 Å². The van der Waals surface area contributed by atoms with Crippen molar-refractivity contribution in [3.05, 3.63) is 0 Å². The number of carbonyl (C=O) groups excluding carboxylic acids is 1. The van der Waals surface area contributed by atoms with Crippen LogP contribution < -0.4 is 10.8 Å². The number of hydroxylamine groups is 1. The molecule has 0 radical (unpaired) electrons. The minimum atomic E-state index is 0.0233. The molecular formula is C5H10N2O2. The molecule has 1 amide bonds. The van der Waals surface area contributed by atoms with Gasteiger partial charge in [-0.05, 0) is 19.4 Å². The lowest BCUT2D eigenvalue weighted by molar-refractivity contribution is -0.126. The Morgan fingerprint density at radius 3 is 3.22 bits per heavy atom. The van der Waals surface area contributed by atoms with Crippen LogP contribution in [0, 0.1) is 0 Å². The molecule has 1 aliphatic heterocycles. The highest BCUT2D eigenvalue weighted by Gasteiger charge is 2.13. The molecule has 0 aromatic rings. The van der Waals surface area contributed by atoms with Crippen molar-refractivity contribution >= 4 is 6.41 Å². The smallest absolute Gasteiger partial charge is 0.230 e. The molecule has 1 rings (SSSR count). The van der Waals surface area contributed by atoms with E-state index in [1.165, 1.54) is 0 Å². The Morgan fingerprint density at radius 2 is 2.67 bits per heavy atom. The van der Waals surface area contributed by atoms with Gasteiger partial charge in [0.2, 0.25) is 6.41 Å². The van der Waals surface area contributed by atoms with Gasteiger partial charge in [0, 0.05) is 0 Å². The van der Waals surface area contributed by atoms with Crippen LogP contribution in [-0.4, -0.2) is 19.2 Å². The second kappa shape index (κ2) is 3.42. The normalized spacial score (nSPS) is 26.0. The molecule has 0 spiro atoms. The molecule has 1 aliphatic rings. The van der Waals surface area contributed by atoms with Crippen LogP contribution in [-0.2, 0) is 9.63 Å². The van der Waals surface area contributed by atoms with Crippen LogP contribution >= 0.6 is 0 Å². The molecule has 1 fully saturated rings. The van der Waals surface area contributed by atoms with Crippen LogP contribution in [0.2, 0.25) is 0 Å². The van der Waals surface area contributed by atoms with Gasteiger partial charge in [-0.25, -0.2) is 5.48 Å². The van der Waals surface area contributed by atoms with Crippen LogP contribution in [0.1, 0.15) is 12.8 Å². The number of amides is 1. The fourth-order valence-corrected chi connectivity index (χ4v) is 0.863. The van der Waals surface area contributed by atoms with Crippen LogP contribution in [0.25, 0.3) is 0 Å². The minimum absolute atomic E-state index is 0.0233. The third kappa shape index (κ3) is 1.99. The largest absolute Gasteiger partial charge is 0.290 e. The molecule has 0 bridgehead atoms. The van der Waals surface area contributed by atoms with E-state index >= 15 is 0 Å². The van der Waals surface area contributed by atoms with Gasteiger partial charge in [0.05, 0.1) is 0 Å². The van der Waals surface area contributed by atoms with Gasteiger partial charge < -0.3 is 0 Å². The summed E-state index contributed by atoms with van der Waals surface area (Å²) in [4.78, 5) is 14.5. The summed E-state index contributed by atoms with van der Waals surface area (Å²) in [5.74, 6) is 0. The van der Waals surface area contributed by atoms with Gasteiger partial charge >= 0.3 is 0 Å². The summed E-state index contributed by atoms with van der Waals surface area (Å²) in [7, 11) is 0. The summed E-state index contributed by atoms with van der Waals surface area (Å²) in [5, 5.41) is 3.05. The van der Waals surface area contributed by atoms with Crippen LogP contribution in [0.15, 0.2) is 0 Å². The van der Waals surface area contributed by atoms with Crippen molar-refractivity contribution in [3.63, 3.8) is 0 Å². The quantitative estimate of drug-likeness (QED) is 0.395. The van der Waals surface area contributed by atoms with E-state index in [0.717, 1.165) is 19.4 Å². The maximum absolute atomic E-state index is 9.70. The zero-order valence-electron chi connectivity index (χ0n) is 5.09. The maximum atomic E-state index is 9.70. The fourth-order valence-electron chi connectivity index (χ4n) is 0.863. The highest BCUT2D eigenvalue weighted by Crippen LogP contribution is 2.03. The zero-order valence-corrected chi connectivity index (χ0v) is 5.09. The van der Waals surface area contributed by atoms with E-state index in [1.54, 1.807) is 0 Å². The number of carbonyl (C=O) groups is 1. The highest BCUT2D eigenvalue weighted by atomic mass is 16.7. The van der Waals surface area contributed by atoms with Crippen molar-refractivity contribution in [3.8, 4) is 0 Å². The number of nitrogens with one attached hydrogen (secondary N) is 2. The Balaban J connectivity index is 2.04. The van der Waals surface area contributed by atoms with E-state index in [-0.39, 0.29) is 6.23 Å². The molecular weight excluding hydrogens is 120 g/mol. The molecule has 2 N–H and O–H groups in total. The van der Waals surface area contributed by atoms with Crippen molar-refractivity contribution in [1.82, 2.24) is 10.8 Å². The summed E-state index contributed by atoms with van der Waals surface area (Å²) >= 11 is 0. The third-order valence-corrected chi connectivity index (χ3v) is 1.27. The maximum Gasteiger partial charge on any atom is 0.230 e. The summed E-state index contributed by atoms with van der Waals surface area (Å²) in [6.07, 6.45) is 2.64. The van der Waals surface area contributed by atoms with E-state index < -0.39 is 0 Å². The number of hydrogen-bond acceptors (Lipinski definition) is 3. The second-order valence-corrected chi connectivity index (χ2v) is 1.94. The fraction of sp³-hybridized carbons (Fsp3) is 0.800. The van der Waals surface area contributed by atoms with Gasteiger partial charge in [-0.1, -0.05) is 0 Å². The van der Waals surface area contributed by atoms with Crippen molar-refractivity contribution < 1.29 is 9.63 Å². The van der Waals surface area contributed by atoms with E-state index in [9.17, 15) is 4.79 Å². The molecule has 0 aromatic heterocycles. The molecule has 9 heavy (non-hydrogen) atoms. The predicted octanol–water partition coefficient (Wildman–Crippen LogP) is -0.627. The predicted molar refractivity (Wildman–Crippen MR) is 31.3 cm³/mol. The first-order chi connectivity index (χ1) is 4.43. The van der Waals surface area contributed by atoms with Crippen LogP contribution in [0.4, 0.5) is 0 Å². The van der Waals surface area contributed by atoms with Gasteiger partial charge in [0.25, 0.3) is 0 Å². The van der Waals surface area contributed by atoms with Crippen molar-refractivity contribution in [2.75, 3.05) is 6.54 Å². The summed E-state index contributed by atoms with van der Waals surface area (Å²) in [6, 6.07) is 0. The first-order valence-corrected chi connectivity index (χ1v) is 3.01. The molecule has 0 saturated carbocycles. The monoisotopic (exact) mass is 130 g/mol. The van der Waals surface area contributed by atoms with Crippen molar-refractivity contribution in [1.29, 1.82) is 0 Å². The lowest BCUT2D eigenvalue weighted by Gasteiger charge is -2.07. The Bertz CT molecular complexity index is 91.0. The standard InChI is InChI=1S/C5H10N2O2/c8-4-7-9-5-2-1-3-6-5/h4-6H,1-3H2,(H,7,8)/t5-/m0/s1. The Morgan fingerprint density at radius 1 is 1.78 bits per heavy atom. The molecule has 52 valence electrons. The lowest BCUT2D eigenvalue weighted by atomic mass is 10.4.